The molecule has 144 valence electrons. The number of carbonyl (C=O) groups excluding carboxylic acids is 4. The van der Waals surface area contributed by atoms with E-state index in [0.717, 1.165) is 0 Å². The Bertz CT molecular complexity index is 932. The highest BCUT2D eigenvalue weighted by Crippen LogP contribution is 2.41. The summed E-state index contributed by atoms with van der Waals surface area (Å²) in [5, 5.41) is 0. The van der Waals surface area contributed by atoms with Crippen molar-refractivity contribution in [3.8, 4) is 0 Å². The molecule has 1 saturated heterocycles. The van der Waals surface area contributed by atoms with Gasteiger partial charge in [-0.1, -0.05) is 30.4 Å². The summed E-state index contributed by atoms with van der Waals surface area (Å²) in [5.74, 6) is -2.25. The lowest BCUT2D eigenvalue weighted by molar-refractivity contribution is -0.170. The number of amides is 1. The van der Waals surface area contributed by atoms with E-state index in [1.54, 1.807) is 36.4 Å². The number of fused-ring (bicyclic) bond motifs is 2. The zero-order valence-corrected chi connectivity index (χ0v) is 15.0. The van der Waals surface area contributed by atoms with Crippen LogP contribution in [0.15, 0.2) is 48.2 Å². The Morgan fingerprint density at radius 1 is 1.29 bits per heavy atom. The van der Waals surface area contributed by atoms with E-state index in [2.05, 4.69) is 4.74 Å². The molecule has 28 heavy (non-hydrogen) atoms. The molecular weight excluding hydrogens is 366 g/mol. The zero-order chi connectivity index (χ0) is 19.8. The first-order valence-electron chi connectivity index (χ1n) is 8.80. The summed E-state index contributed by atoms with van der Waals surface area (Å²) >= 11 is 0. The summed E-state index contributed by atoms with van der Waals surface area (Å²) in [7, 11) is 1.28. The lowest BCUT2D eigenvalue weighted by atomic mass is 9.85. The van der Waals surface area contributed by atoms with Gasteiger partial charge in [0.15, 0.2) is 0 Å². The van der Waals surface area contributed by atoms with Crippen LogP contribution in [-0.2, 0) is 28.6 Å². The number of nitrogens with zero attached hydrogens (tertiary/aromatic N) is 1. The predicted octanol–water partition coefficient (Wildman–Crippen LogP) is 1.63. The summed E-state index contributed by atoms with van der Waals surface area (Å²) in [5.41, 5.74) is 0.997. The SMILES string of the molecule is COC(=O)/C=C/CC1C(=O)N2C(C(=O)OC3OC(=O)c4ccccc43)=CCC12. The summed E-state index contributed by atoms with van der Waals surface area (Å²) < 4.78 is 15.0. The first-order valence-corrected chi connectivity index (χ1v) is 8.80. The van der Waals surface area contributed by atoms with Crippen molar-refractivity contribution in [2.75, 3.05) is 7.11 Å². The molecule has 0 bridgehead atoms. The minimum atomic E-state index is -1.12. The lowest BCUT2D eigenvalue weighted by Crippen LogP contribution is -2.58. The van der Waals surface area contributed by atoms with Crippen LogP contribution in [0.5, 0.6) is 0 Å². The molecule has 3 aliphatic rings. The van der Waals surface area contributed by atoms with E-state index in [1.807, 2.05) is 0 Å². The van der Waals surface area contributed by atoms with Gasteiger partial charge in [-0.2, -0.15) is 0 Å². The van der Waals surface area contributed by atoms with Crippen molar-refractivity contribution in [1.29, 1.82) is 0 Å². The second-order valence-electron chi connectivity index (χ2n) is 6.60. The number of hydrogen-bond acceptors (Lipinski definition) is 7. The van der Waals surface area contributed by atoms with Gasteiger partial charge in [0.2, 0.25) is 5.91 Å². The number of β-lactam (4-membered cyclic amide) rings is 1. The van der Waals surface area contributed by atoms with Gasteiger partial charge in [0.1, 0.15) is 5.70 Å². The van der Waals surface area contributed by atoms with Gasteiger partial charge in [-0.15, -0.1) is 0 Å². The van der Waals surface area contributed by atoms with Crippen LogP contribution >= 0.6 is 0 Å². The first kappa shape index (κ1) is 18.0. The molecule has 0 N–H and O–H groups in total. The van der Waals surface area contributed by atoms with Crippen molar-refractivity contribution in [1.82, 2.24) is 4.90 Å². The van der Waals surface area contributed by atoms with E-state index in [0.29, 0.717) is 24.0 Å². The zero-order valence-electron chi connectivity index (χ0n) is 15.0. The van der Waals surface area contributed by atoms with Gasteiger partial charge in [0.25, 0.3) is 6.29 Å². The maximum absolute atomic E-state index is 12.6. The predicted molar refractivity (Wildman–Crippen MR) is 93.3 cm³/mol. The van der Waals surface area contributed by atoms with E-state index in [9.17, 15) is 19.2 Å². The fourth-order valence-corrected chi connectivity index (χ4v) is 3.68. The Hall–Kier alpha value is -3.42. The molecule has 3 atom stereocenters. The van der Waals surface area contributed by atoms with Gasteiger partial charge in [-0.25, -0.2) is 14.4 Å². The van der Waals surface area contributed by atoms with E-state index < -0.39 is 24.2 Å². The summed E-state index contributed by atoms with van der Waals surface area (Å²) in [4.78, 5) is 49.3. The molecule has 8 heteroatoms. The average Bonchev–Trinajstić information content (AvgIpc) is 3.24. The minimum absolute atomic E-state index is 0.143. The molecule has 0 aromatic heterocycles. The molecule has 3 heterocycles. The number of hydrogen-bond donors (Lipinski definition) is 0. The number of allylic oxidation sites excluding steroid dienone is 1. The summed E-state index contributed by atoms with van der Waals surface area (Å²) in [6.45, 7) is 0. The molecule has 1 amide bonds. The number of carbonyl (C=O) groups is 4. The average molecular weight is 383 g/mol. The van der Waals surface area contributed by atoms with E-state index >= 15 is 0 Å². The Labute approximate surface area is 160 Å². The third kappa shape index (κ3) is 2.87. The Morgan fingerprint density at radius 3 is 2.86 bits per heavy atom. The van der Waals surface area contributed by atoms with Gasteiger partial charge >= 0.3 is 17.9 Å². The topological polar surface area (TPSA) is 99.2 Å². The van der Waals surface area contributed by atoms with Crippen molar-refractivity contribution in [2.45, 2.75) is 25.2 Å². The molecule has 0 aliphatic carbocycles. The number of cyclic esters (lactones) is 1. The molecule has 1 aromatic rings. The first-order chi connectivity index (χ1) is 13.5. The monoisotopic (exact) mass is 383 g/mol. The lowest BCUT2D eigenvalue weighted by Gasteiger charge is -2.43. The van der Waals surface area contributed by atoms with Crippen molar-refractivity contribution >= 4 is 23.8 Å². The second kappa shape index (κ2) is 6.95. The van der Waals surface area contributed by atoms with Gasteiger partial charge in [-0.05, 0) is 18.9 Å². The van der Waals surface area contributed by atoms with Crippen LogP contribution in [0.4, 0.5) is 0 Å². The number of rotatable bonds is 5. The number of benzene rings is 1. The van der Waals surface area contributed by atoms with Gasteiger partial charge in [0, 0.05) is 11.6 Å². The van der Waals surface area contributed by atoms with Crippen LogP contribution in [0.2, 0.25) is 0 Å². The molecule has 0 saturated carbocycles. The Kier molecular flexibility index (Phi) is 4.46. The van der Waals surface area contributed by atoms with Gasteiger partial charge in [0.05, 0.1) is 24.6 Å². The van der Waals surface area contributed by atoms with E-state index in [-0.39, 0.29) is 23.6 Å². The van der Waals surface area contributed by atoms with Crippen LogP contribution in [0, 0.1) is 5.92 Å². The molecule has 3 unspecified atom stereocenters. The third-order valence-corrected chi connectivity index (χ3v) is 5.08. The van der Waals surface area contributed by atoms with Crippen molar-refractivity contribution < 1.29 is 33.4 Å². The Morgan fingerprint density at radius 2 is 2.07 bits per heavy atom. The summed E-state index contributed by atoms with van der Waals surface area (Å²) in [6.07, 6.45) is 4.31. The van der Waals surface area contributed by atoms with Crippen LogP contribution in [0.3, 0.4) is 0 Å². The quantitative estimate of drug-likeness (QED) is 0.433. The molecule has 8 nitrogen and oxygen atoms in total. The molecule has 0 radical (unpaired) electrons. The molecular formula is C20H17NO7. The van der Waals surface area contributed by atoms with E-state index in [4.69, 9.17) is 9.47 Å². The van der Waals surface area contributed by atoms with Crippen molar-refractivity contribution in [3.05, 3.63) is 59.3 Å². The third-order valence-electron chi connectivity index (χ3n) is 5.08. The van der Waals surface area contributed by atoms with E-state index in [1.165, 1.54) is 18.1 Å². The molecule has 1 fully saturated rings. The smallest absolute Gasteiger partial charge is 0.358 e. The van der Waals surface area contributed by atoms with Crippen molar-refractivity contribution in [3.63, 3.8) is 0 Å². The number of ether oxygens (including phenoxy) is 3. The molecule has 0 spiro atoms. The van der Waals surface area contributed by atoms with Gasteiger partial charge in [-0.3, -0.25) is 4.79 Å². The number of esters is 3. The maximum Gasteiger partial charge on any atom is 0.358 e. The van der Waals surface area contributed by atoms with Crippen molar-refractivity contribution in [2.24, 2.45) is 5.92 Å². The largest absolute Gasteiger partial charge is 0.466 e. The molecule has 3 aliphatic heterocycles. The fraction of sp³-hybridized carbons (Fsp3) is 0.300. The van der Waals surface area contributed by atoms with Crippen LogP contribution < -0.4 is 0 Å². The summed E-state index contributed by atoms with van der Waals surface area (Å²) in [6, 6.07) is 6.53. The highest BCUT2D eigenvalue weighted by Gasteiger charge is 2.52. The highest BCUT2D eigenvalue weighted by atomic mass is 16.7. The maximum atomic E-state index is 12.6. The molecule has 1 aromatic carbocycles. The standard InChI is InChI=1S/C20H17NO7/c1-26-16(22)8-4-7-13-14-9-10-15(21(14)17(13)23)19(25)28-20-12-6-3-2-5-11(12)18(24)27-20/h2-6,8,10,13-14,20H,7,9H2,1H3/b8-4+. The number of methoxy groups -OCH3 is 1. The second-order valence-corrected chi connectivity index (χ2v) is 6.60. The van der Waals surface area contributed by atoms with Gasteiger partial charge < -0.3 is 19.1 Å². The molecule has 4 rings (SSSR count). The van der Waals surface area contributed by atoms with Crippen LogP contribution in [0.25, 0.3) is 0 Å². The normalized spacial score (nSPS) is 25.0. The highest BCUT2D eigenvalue weighted by molar-refractivity contribution is 6.00. The minimum Gasteiger partial charge on any atom is -0.466 e. The fourth-order valence-electron chi connectivity index (χ4n) is 3.68. The Balaban J connectivity index is 1.39. The van der Waals surface area contributed by atoms with Crippen LogP contribution in [0.1, 0.15) is 35.1 Å². The van der Waals surface area contributed by atoms with Crippen LogP contribution in [-0.4, -0.2) is 41.9 Å².